The molecule has 4 aromatic rings. The molecule has 0 saturated carbocycles. The van der Waals surface area contributed by atoms with Gasteiger partial charge < -0.3 is 10.2 Å². The monoisotopic (exact) mass is 538 g/mol. The highest BCUT2D eigenvalue weighted by Crippen LogP contribution is 2.28. The van der Waals surface area contributed by atoms with Crippen molar-refractivity contribution in [3.8, 4) is 0 Å². The Labute approximate surface area is 222 Å². The van der Waals surface area contributed by atoms with Crippen LogP contribution in [0.4, 0.5) is 10.5 Å². The lowest BCUT2D eigenvalue weighted by atomic mass is 9.88. The quantitative estimate of drug-likeness (QED) is 0.227. The fourth-order valence-electron chi connectivity index (χ4n) is 4.38. The van der Waals surface area contributed by atoms with Crippen LogP contribution in [0.3, 0.4) is 0 Å². The van der Waals surface area contributed by atoms with Crippen molar-refractivity contribution in [3.63, 3.8) is 0 Å². The fourth-order valence-corrected chi connectivity index (χ4v) is 4.78. The van der Waals surface area contributed by atoms with Crippen LogP contribution in [-0.4, -0.2) is 24.0 Å². The normalized spacial score (nSPS) is 11.4. The van der Waals surface area contributed by atoms with Crippen LogP contribution in [0.5, 0.6) is 0 Å². The molecule has 3 nitrogen and oxygen atoms in total. The van der Waals surface area contributed by atoms with Crippen LogP contribution in [0.1, 0.15) is 36.0 Å². The van der Waals surface area contributed by atoms with E-state index >= 15 is 0 Å². The first-order valence-electron chi connectivity index (χ1n) is 12.2. The molecular formula is C32H31BrN2O. The van der Waals surface area contributed by atoms with Crippen molar-refractivity contribution in [2.45, 2.75) is 19.3 Å². The lowest BCUT2D eigenvalue weighted by Gasteiger charge is -2.27. The number of anilines is 1. The average Bonchev–Trinajstić information content (AvgIpc) is 2.90. The Balaban J connectivity index is 1.56. The van der Waals surface area contributed by atoms with Gasteiger partial charge in [0.1, 0.15) is 0 Å². The lowest BCUT2D eigenvalue weighted by molar-refractivity contribution is 0.214. The average molecular weight is 540 g/mol. The minimum atomic E-state index is -0.103. The molecule has 4 rings (SSSR count). The molecule has 0 bridgehead atoms. The first-order chi connectivity index (χ1) is 17.6. The third-order valence-corrected chi connectivity index (χ3v) is 6.60. The molecule has 0 fully saturated rings. The summed E-state index contributed by atoms with van der Waals surface area (Å²) in [5.74, 6) is 0.201. The van der Waals surface area contributed by atoms with E-state index in [0.29, 0.717) is 13.1 Å². The first kappa shape index (κ1) is 25.5. The Bertz CT molecular complexity index is 1230. The zero-order valence-corrected chi connectivity index (χ0v) is 22.1. The molecule has 182 valence electrons. The van der Waals surface area contributed by atoms with E-state index in [0.717, 1.165) is 27.7 Å². The third-order valence-electron chi connectivity index (χ3n) is 6.11. The lowest BCUT2D eigenvalue weighted by Crippen LogP contribution is -2.37. The number of hydrogen-bond acceptors (Lipinski definition) is 1. The van der Waals surface area contributed by atoms with Crippen LogP contribution in [0.15, 0.2) is 125 Å². The van der Waals surface area contributed by atoms with Crippen molar-refractivity contribution in [1.29, 1.82) is 0 Å². The van der Waals surface area contributed by atoms with Crippen LogP contribution < -0.4 is 5.32 Å². The molecule has 0 aliphatic rings. The Kier molecular flexibility index (Phi) is 9.12. The predicted octanol–water partition coefficient (Wildman–Crippen LogP) is 8.61. The molecule has 4 heteroatoms. The third kappa shape index (κ3) is 7.43. The number of benzene rings is 4. The zero-order valence-electron chi connectivity index (χ0n) is 20.5. The van der Waals surface area contributed by atoms with Crippen LogP contribution in [0.25, 0.3) is 6.08 Å². The van der Waals surface area contributed by atoms with E-state index in [1.54, 1.807) is 0 Å². The number of rotatable bonds is 9. The highest BCUT2D eigenvalue weighted by atomic mass is 79.9. The van der Waals surface area contributed by atoms with Crippen molar-refractivity contribution in [3.05, 3.63) is 142 Å². The first-order valence-corrected chi connectivity index (χ1v) is 13.0. The van der Waals surface area contributed by atoms with Crippen LogP contribution in [0, 0.1) is 0 Å². The zero-order chi connectivity index (χ0) is 25.2. The molecule has 0 radical (unpaired) electrons. The second kappa shape index (κ2) is 12.9. The topological polar surface area (TPSA) is 32.3 Å². The smallest absolute Gasteiger partial charge is 0.321 e. The van der Waals surface area contributed by atoms with Crippen molar-refractivity contribution in [1.82, 2.24) is 4.90 Å². The van der Waals surface area contributed by atoms with Crippen molar-refractivity contribution in [2.24, 2.45) is 0 Å². The molecule has 0 aromatic heterocycles. The molecule has 2 amide bonds. The summed E-state index contributed by atoms with van der Waals surface area (Å²) in [5.41, 5.74) is 5.54. The molecule has 0 heterocycles. The number of hydrogen-bond donors (Lipinski definition) is 1. The molecule has 0 spiro atoms. The summed E-state index contributed by atoms with van der Waals surface area (Å²) in [6.45, 7) is 3.25. The summed E-state index contributed by atoms with van der Waals surface area (Å²) in [6, 6.07) is 38.9. The molecule has 1 N–H and O–H groups in total. The highest BCUT2D eigenvalue weighted by molar-refractivity contribution is 9.10. The summed E-state index contributed by atoms with van der Waals surface area (Å²) in [4.78, 5) is 15.4. The van der Waals surface area contributed by atoms with E-state index in [9.17, 15) is 4.79 Å². The van der Waals surface area contributed by atoms with Gasteiger partial charge in [-0.15, -0.1) is 0 Å². The Morgan fingerprint density at radius 3 is 2.00 bits per heavy atom. The van der Waals surface area contributed by atoms with E-state index in [2.05, 4.69) is 94.9 Å². The molecular weight excluding hydrogens is 508 g/mol. The molecule has 4 aromatic carbocycles. The molecule has 0 aliphatic heterocycles. The molecule has 0 unspecified atom stereocenters. The summed E-state index contributed by atoms with van der Waals surface area (Å²) in [6.07, 6.45) is 2.96. The summed E-state index contributed by atoms with van der Waals surface area (Å²) < 4.78 is 0.931. The minimum Gasteiger partial charge on any atom is -0.321 e. The number of amides is 2. The Morgan fingerprint density at radius 1 is 0.833 bits per heavy atom. The molecule has 0 saturated heterocycles. The van der Waals surface area contributed by atoms with E-state index in [1.165, 1.54) is 11.1 Å². The summed E-state index contributed by atoms with van der Waals surface area (Å²) in [7, 11) is 0. The maximum absolute atomic E-state index is 13.5. The largest absolute Gasteiger partial charge is 0.322 e. The maximum Gasteiger partial charge on any atom is 0.322 e. The van der Waals surface area contributed by atoms with Gasteiger partial charge in [0.2, 0.25) is 0 Å². The van der Waals surface area contributed by atoms with Crippen molar-refractivity contribution in [2.75, 3.05) is 18.4 Å². The van der Waals surface area contributed by atoms with Gasteiger partial charge in [0.25, 0.3) is 0 Å². The van der Waals surface area contributed by atoms with E-state index in [4.69, 9.17) is 0 Å². The van der Waals surface area contributed by atoms with E-state index in [-0.39, 0.29) is 11.9 Å². The number of nitrogens with one attached hydrogen (secondary N) is 1. The van der Waals surface area contributed by atoms with Crippen LogP contribution in [0.2, 0.25) is 0 Å². The van der Waals surface area contributed by atoms with Gasteiger partial charge in [-0.3, -0.25) is 0 Å². The second-order valence-electron chi connectivity index (χ2n) is 8.93. The van der Waals surface area contributed by atoms with Gasteiger partial charge in [0, 0.05) is 29.2 Å². The molecule has 36 heavy (non-hydrogen) atoms. The Morgan fingerprint density at radius 2 is 1.42 bits per heavy atom. The summed E-state index contributed by atoms with van der Waals surface area (Å²) in [5, 5.41) is 3.09. The number of carbonyl (C=O) groups excluding carboxylic acids is 1. The number of carbonyl (C=O) groups is 1. The van der Waals surface area contributed by atoms with Gasteiger partial charge in [-0.05, 0) is 48.2 Å². The summed E-state index contributed by atoms with van der Waals surface area (Å²) >= 11 is 3.49. The Hall–Kier alpha value is -3.63. The van der Waals surface area contributed by atoms with Crippen molar-refractivity contribution >= 4 is 33.7 Å². The van der Waals surface area contributed by atoms with Gasteiger partial charge in [-0.2, -0.15) is 0 Å². The van der Waals surface area contributed by atoms with Gasteiger partial charge >= 0.3 is 6.03 Å². The SMILES string of the molecule is C/C(=C/c1ccccc1)CN(CCC(c1ccccc1)c1ccccc1)C(=O)Nc1cccc(Br)c1. The van der Waals surface area contributed by atoms with Crippen LogP contribution >= 0.6 is 15.9 Å². The second-order valence-corrected chi connectivity index (χ2v) is 9.84. The predicted molar refractivity (Wildman–Crippen MR) is 154 cm³/mol. The molecule has 0 atom stereocenters. The number of halogens is 1. The standard InChI is InChI=1S/C32H31BrN2O/c1-25(22-26-12-5-2-6-13-26)24-35(32(36)34-30-19-11-18-29(33)23-30)21-20-31(27-14-7-3-8-15-27)28-16-9-4-10-17-28/h2-19,22-23,31H,20-21,24H2,1H3,(H,34,36)/b25-22-. The van der Waals surface area contributed by atoms with Gasteiger partial charge in [-0.25, -0.2) is 4.79 Å². The van der Waals surface area contributed by atoms with Gasteiger partial charge in [0.05, 0.1) is 0 Å². The van der Waals surface area contributed by atoms with Crippen molar-refractivity contribution < 1.29 is 4.79 Å². The van der Waals surface area contributed by atoms with Gasteiger partial charge in [0.15, 0.2) is 0 Å². The van der Waals surface area contributed by atoms with Crippen LogP contribution in [-0.2, 0) is 0 Å². The number of urea groups is 1. The van der Waals surface area contributed by atoms with Gasteiger partial charge in [-0.1, -0.05) is 125 Å². The maximum atomic E-state index is 13.5. The molecule has 0 aliphatic carbocycles. The number of nitrogens with zero attached hydrogens (tertiary/aromatic N) is 1. The fraction of sp³-hybridized carbons (Fsp3) is 0.156. The van der Waals surface area contributed by atoms with E-state index in [1.807, 2.05) is 59.5 Å². The minimum absolute atomic E-state index is 0.103. The highest BCUT2D eigenvalue weighted by Gasteiger charge is 2.19. The van der Waals surface area contributed by atoms with E-state index < -0.39 is 0 Å².